The minimum Gasteiger partial charge on any atom is -0.437 e. The number of hydrogen-bond acceptors (Lipinski definition) is 3. The van der Waals surface area contributed by atoms with Gasteiger partial charge in [-0.05, 0) is 36.7 Å². The third kappa shape index (κ3) is 5.20. The first-order chi connectivity index (χ1) is 10.0. The fraction of sp³-hybridized carbons (Fsp3) is 0.312. The minimum absolute atomic E-state index is 0.465. The molecule has 0 spiro atoms. The lowest BCUT2D eigenvalue weighted by atomic mass is 10.2. The number of aromatic nitrogens is 1. The third-order valence-electron chi connectivity index (χ3n) is 2.75. The molecule has 2 aromatic rings. The smallest absolute Gasteiger partial charge is 0.219 e. The van der Waals surface area contributed by atoms with E-state index in [1.165, 1.54) is 0 Å². The summed E-state index contributed by atoms with van der Waals surface area (Å²) in [4.78, 5) is 4.45. The summed E-state index contributed by atoms with van der Waals surface area (Å²) in [6, 6.07) is 10.8. The maximum absolute atomic E-state index is 6.09. The molecular formula is C16H18Cl2N2O. The molecule has 0 aliphatic rings. The molecule has 0 saturated carbocycles. The molecule has 0 bridgehead atoms. The fourth-order valence-corrected chi connectivity index (χ4v) is 2.22. The van der Waals surface area contributed by atoms with Crippen LogP contribution in [-0.4, -0.2) is 11.5 Å². The van der Waals surface area contributed by atoms with Crippen LogP contribution in [0.5, 0.6) is 11.6 Å². The lowest BCUT2D eigenvalue weighted by Crippen LogP contribution is -2.19. The minimum atomic E-state index is 0.465. The van der Waals surface area contributed by atoms with Crippen molar-refractivity contribution in [3.63, 3.8) is 0 Å². The van der Waals surface area contributed by atoms with E-state index in [9.17, 15) is 0 Å². The Morgan fingerprint density at radius 2 is 2.00 bits per heavy atom. The van der Waals surface area contributed by atoms with Crippen LogP contribution in [0.2, 0.25) is 10.0 Å². The van der Waals surface area contributed by atoms with Crippen LogP contribution in [0.15, 0.2) is 36.4 Å². The van der Waals surface area contributed by atoms with E-state index in [1.54, 1.807) is 24.3 Å². The Balaban J connectivity index is 2.03. The Morgan fingerprint density at radius 3 is 2.71 bits per heavy atom. The van der Waals surface area contributed by atoms with Crippen molar-refractivity contribution in [2.24, 2.45) is 5.92 Å². The van der Waals surface area contributed by atoms with Gasteiger partial charge in [0.05, 0.1) is 10.7 Å². The predicted molar refractivity (Wildman–Crippen MR) is 87.3 cm³/mol. The highest BCUT2D eigenvalue weighted by Gasteiger charge is 2.06. The van der Waals surface area contributed by atoms with Crippen LogP contribution in [0.1, 0.15) is 19.5 Å². The zero-order valence-corrected chi connectivity index (χ0v) is 13.6. The molecule has 1 heterocycles. The zero-order chi connectivity index (χ0) is 15.2. The Labute approximate surface area is 135 Å². The van der Waals surface area contributed by atoms with Crippen molar-refractivity contribution in [3.8, 4) is 11.6 Å². The predicted octanol–water partition coefficient (Wildman–Crippen LogP) is 4.93. The highest BCUT2D eigenvalue weighted by atomic mass is 35.5. The van der Waals surface area contributed by atoms with Crippen LogP contribution in [0.4, 0.5) is 0 Å². The van der Waals surface area contributed by atoms with Crippen molar-refractivity contribution in [2.45, 2.75) is 20.4 Å². The number of nitrogens with zero attached hydrogens (tertiary/aromatic N) is 1. The first-order valence-electron chi connectivity index (χ1n) is 6.84. The summed E-state index contributed by atoms with van der Waals surface area (Å²) in [7, 11) is 0. The van der Waals surface area contributed by atoms with Crippen molar-refractivity contribution >= 4 is 23.2 Å². The van der Waals surface area contributed by atoms with Gasteiger partial charge < -0.3 is 10.1 Å². The second-order valence-electron chi connectivity index (χ2n) is 5.17. The first-order valence-corrected chi connectivity index (χ1v) is 7.60. The zero-order valence-electron chi connectivity index (χ0n) is 12.1. The molecule has 1 aromatic heterocycles. The summed E-state index contributed by atoms with van der Waals surface area (Å²) in [6.45, 7) is 6.00. The van der Waals surface area contributed by atoms with Gasteiger partial charge in [0.25, 0.3) is 0 Å². The molecule has 0 atom stereocenters. The van der Waals surface area contributed by atoms with Gasteiger partial charge >= 0.3 is 0 Å². The molecule has 0 saturated heterocycles. The van der Waals surface area contributed by atoms with E-state index in [2.05, 4.69) is 24.1 Å². The van der Waals surface area contributed by atoms with E-state index >= 15 is 0 Å². The van der Waals surface area contributed by atoms with Crippen LogP contribution in [0.3, 0.4) is 0 Å². The van der Waals surface area contributed by atoms with E-state index in [-0.39, 0.29) is 0 Å². The number of nitrogens with one attached hydrogen (secondary N) is 1. The molecule has 3 nitrogen and oxygen atoms in total. The van der Waals surface area contributed by atoms with Gasteiger partial charge in [-0.2, -0.15) is 0 Å². The van der Waals surface area contributed by atoms with Crippen molar-refractivity contribution in [1.29, 1.82) is 0 Å². The van der Waals surface area contributed by atoms with Gasteiger partial charge in [0.2, 0.25) is 5.88 Å². The summed E-state index contributed by atoms with van der Waals surface area (Å²) in [6.07, 6.45) is 0. The van der Waals surface area contributed by atoms with Crippen molar-refractivity contribution in [2.75, 3.05) is 6.54 Å². The van der Waals surface area contributed by atoms with Crippen LogP contribution in [0.25, 0.3) is 0 Å². The molecule has 0 amide bonds. The second-order valence-corrected chi connectivity index (χ2v) is 6.01. The molecule has 1 N–H and O–H groups in total. The molecule has 0 aliphatic carbocycles. The normalized spacial score (nSPS) is 10.9. The second kappa shape index (κ2) is 7.64. The largest absolute Gasteiger partial charge is 0.437 e. The van der Waals surface area contributed by atoms with Gasteiger partial charge in [-0.15, -0.1) is 0 Å². The van der Waals surface area contributed by atoms with E-state index in [4.69, 9.17) is 27.9 Å². The Kier molecular flexibility index (Phi) is 5.85. The first kappa shape index (κ1) is 16.1. The third-order valence-corrected chi connectivity index (χ3v) is 3.28. The van der Waals surface area contributed by atoms with Crippen LogP contribution < -0.4 is 10.1 Å². The topological polar surface area (TPSA) is 34.1 Å². The van der Waals surface area contributed by atoms with Crippen molar-refractivity contribution < 1.29 is 4.74 Å². The lowest BCUT2D eigenvalue weighted by Gasteiger charge is -2.10. The van der Waals surface area contributed by atoms with Crippen LogP contribution >= 0.6 is 23.2 Å². The molecule has 0 radical (unpaired) electrons. The van der Waals surface area contributed by atoms with Gasteiger partial charge in [-0.3, -0.25) is 0 Å². The summed E-state index contributed by atoms with van der Waals surface area (Å²) in [5.74, 6) is 1.67. The molecule has 2 rings (SSSR count). The number of halogens is 2. The number of rotatable bonds is 6. The maximum Gasteiger partial charge on any atom is 0.219 e. The highest BCUT2D eigenvalue weighted by molar-refractivity contribution is 6.35. The molecule has 5 heteroatoms. The van der Waals surface area contributed by atoms with Gasteiger partial charge in [-0.1, -0.05) is 43.1 Å². The molecule has 112 valence electrons. The number of hydrogen-bond donors (Lipinski definition) is 1. The van der Waals surface area contributed by atoms with Crippen LogP contribution in [0, 0.1) is 5.92 Å². The molecule has 0 unspecified atom stereocenters. The fourth-order valence-electron chi connectivity index (χ4n) is 1.77. The van der Waals surface area contributed by atoms with Gasteiger partial charge in [0.1, 0.15) is 5.75 Å². The van der Waals surface area contributed by atoms with E-state index in [0.717, 1.165) is 12.2 Å². The van der Waals surface area contributed by atoms with Crippen molar-refractivity contribution in [1.82, 2.24) is 10.3 Å². The summed E-state index contributed by atoms with van der Waals surface area (Å²) in [5.41, 5.74) is 0.929. The Bertz CT molecular complexity index is 603. The number of pyridine rings is 1. The molecule has 0 aliphatic heterocycles. The van der Waals surface area contributed by atoms with E-state index in [0.29, 0.717) is 34.1 Å². The standard InChI is InChI=1S/C16H18Cl2N2O/c1-11(2)9-19-10-13-4-3-5-16(20-13)21-15-7-6-12(17)8-14(15)18/h3-8,11,19H,9-10H2,1-2H3. The Hall–Kier alpha value is -1.29. The molecule has 21 heavy (non-hydrogen) atoms. The SMILES string of the molecule is CC(C)CNCc1cccc(Oc2ccc(Cl)cc2Cl)n1. The summed E-state index contributed by atoms with van der Waals surface area (Å²) < 4.78 is 5.70. The van der Waals surface area contributed by atoms with Gasteiger partial charge in [0, 0.05) is 17.6 Å². The summed E-state index contributed by atoms with van der Waals surface area (Å²) in [5, 5.41) is 4.39. The Morgan fingerprint density at radius 1 is 1.19 bits per heavy atom. The van der Waals surface area contributed by atoms with Gasteiger partial charge in [-0.25, -0.2) is 4.98 Å². The number of ether oxygens (including phenoxy) is 1. The quantitative estimate of drug-likeness (QED) is 0.818. The monoisotopic (exact) mass is 324 g/mol. The van der Waals surface area contributed by atoms with Crippen molar-refractivity contribution in [3.05, 3.63) is 52.1 Å². The molecular weight excluding hydrogens is 307 g/mol. The molecule has 0 fully saturated rings. The van der Waals surface area contributed by atoms with E-state index < -0.39 is 0 Å². The number of benzene rings is 1. The lowest BCUT2D eigenvalue weighted by molar-refractivity contribution is 0.458. The average molecular weight is 325 g/mol. The average Bonchev–Trinajstić information content (AvgIpc) is 2.42. The van der Waals surface area contributed by atoms with E-state index in [1.807, 2.05) is 12.1 Å². The summed E-state index contributed by atoms with van der Waals surface area (Å²) >= 11 is 12.0. The van der Waals surface area contributed by atoms with Crippen LogP contribution in [-0.2, 0) is 6.54 Å². The molecule has 1 aromatic carbocycles. The maximum atomic E-state index is 6.09. The van der Waals surface area contributed by atoms with Gasteiger partial charge in [0.15, 0.2) is 0 Å². The highest BCUT2D eigenvalue weighted by Crippen LogP contribution is 2.30.